The molecule has 0 radical (unpaired) electrons. The van der Waals surface area contributed by atoms with Gasteiger partial charge in [0.25, 0.3) is 0 Å². The zero-order chi connectivity index (χ0) is 10.7. The molecule has 2 atom stereocenters. The summed E-state index contributed by atoms with van der Waals surface area (Å²) in [5.41, 5.74) is 0.481. The summed E-state index contributed by atoms with van der Waals surface area (Å²) in [4.78, 5) is 0. The lowest BCUT2D eigenvalue weighted by molar-refractivity contribution is 0.246. The number of nitrogens with one attached hydrogen (secondary N) is 1. The van der Waals surface area contributed by atoms with Crippen LogP contribution < -0.4 is 5.32 Å². The third-order valence-corrected chi connectivity index (χ3v) is 5.65. The molecule has 0 bridgehead atoms. The smallest absolute Gasteiger partial charge is 0.0215 e. The van der Waals surface area contributed by atoms with Crippen LogP contribution in [0.15, 0.2) is 0 Å². The molecule has 2 heteroatoms. The van der Waals surface area contributed by atoms with Crippen molar-refractivity contribution in [2.75, 3.05) is 12.3 Å². The molecule has 2 fully saturated rings. The van der Waals surface area contributed by atoms with Crippen LogP contribution >= 0.6 is 11.8 Å². The molecule has 88 valence electrons. The first-order chi connectivity index (χ1) is 7.23. The number of thioether (sulfide) groups is 1. The molecule has 2 rings (SSSR count). The molecule has 0 aromatic heterocycles. The van der Waals surface area contributed by atoms with E-state index in [2.05, 4.69) is 30.9 Å². The molecule has 2 aliphatic rings. The van der Waals surface area contributed by atoms with Crippen molar-refractivity contribution in [2.45, 2.75) is 63.2 Å². The fraction of sp³-hybridized carbons (Fsp3) is 1.00. The van der Waals surface area contributed by atoms with E-state index < -0.39 is 0 Å². The lowest BCUT2D eigenvalue weighted by Crippen LogP contribution is -2.47. The van der Waals surface area contributed by atoms with Crippen LogP contribution in [0, 0.1) is 5.92 Å². The molecular weight excluding hydrogens is 202 g/mol. The normalized spacial score (nSPS) is 37.4. The second kappa shape index (κ2) is 5.09. The summed E-state index contributed by atoms with van der Waals surface area (Å²) in [5, 5.41) is 4.74. The van der Waals surface area contributed by atoms with Crippen LogP contribution in [0.2, 0.25) is 0 Å². The Balaban J connectivity index is 1.93. The minimum absolute atomic E-state index is 0.481. The molecule has 0 amide bonds. The lowest BCUT2D eigenvalue weighted by Gasteiger charge is -2.38. The third kappa shape index (κ3) is 2.71. The van der Waals surface area contributed by atoms with Gasteiger partial charge in [-0.15, -0.1) is 0 Å². The van der Waals surface area contributed by atoms with E-state index in [0.717, 1.165) is 11.2 Å². The van der Waals surface area contributed by atoms with E-state index in [0.29, 0.717) is 5.54 Å². The van der Waals surface area contributed by atoms with E-state index in [1.165, 1.54) is 50.8 Å². The molecule has 1 nitrogen and oxygen atoms in total. The van der Waals surface area contributed by atoms with Crippen molar-refractivity contribution in [2.24, 2.45) is 5.92 Å². The van der Waals surface area contributed by atoms with Gasteiger partial charge in [0.15, 0.2) is 0 Å². The molecule has 0 saturated carbocycles. The fourth-order valence-electron chi connectivity index (χ4n) is 3.11. The van der Waals surface area contributed by atoms with E-state index in [9.17, 15) is 0 Å². The van der Waals surface area contributed by atoms with Crippen LogP contribution in [0.1, 0.15) is 52.4 Å². The summed E-state index contributed by atoms with van der Waals surface area (Å²) >= 11 is 2.23. The Morgan fingerprint density at radius 3 is 2.73 bits per heavy atom. The van der Waals surface area contributed by atoms with E-state index >= 15 is 0 Å². The summed E-state index contributed by atoms with van der Waals surface area (Å²) in [6.45, 7) is 6.03. The largest absolute Gasteiger partial charge is 0.311 e. The van der Waals surface area contributed by atoms with E-state index in [-0.39, 0.29) is 0 Å². The maximum Gasteiger partial charge on any atom is 0.0215 e. The van der Waals surface area contributed by atoms with Crippen LogP contribution in [-0.2, 0) is 0 Å². The average Bonchev–Trinajstić information content (AvgIpc) is 2.69. The van der Waals surface area contributed by atoms with Crippen LogP contribution in [0.5, 0.6) is 0 Å². The van der Waals surface area contributed by atoms with E-state index in [4.69, 9.17) is 0 Å². The van der Waals surface area contributed by atoms with Gasteiger partial charge in [-0.25, -0.2) is 0 Å². The highest BCUT2D eigenvalue weighted by molar-refractivity contribution is 7.99. The molecule has 2 saturated heterocycles. The maximum absolute atomic E-state index is 3.80. The molecule has 0 spiro atoms. The van der Waals surface area contributed by atoms with Gasteiger partial charge in [0, 0.05) is 10.8 Å². The second-order valence-corrected chi connectivity index (χ2v) is 6.94. The van der Waals surface area contributed by atoms with Gasteiger partial charge in [0.05, 0.1) is 0 Å². The molecule has 2 aliphatic heterocycles. The first kappa shape index (κ1) is 11.8. The van der Waals surface area contributed by atoms with Crippen LogP contribution in [0.4, 0.5) is 0 Å². The van der Waals surface area contributed by atoms with Crippen molar-refractivity contribution in [3.8, 4) is 0 Å². The maximum atomic E-state index is 3.80. The summed E-state index contributed by atoms with van der Waals surface area (Å²) in [6, 6.07) is 0. The first-order valence-electron chi connectivity index (χ1n) is 6.59. The van der Waals surface area contributed by atoms with Crippen molar-refractivity contribution in [1.82, 2.24) is 5.32 Å². The second-order valence-electron chi connectivity index (χ2n) is 5.53. The van der Waals surface area contributed by atoms with Crippen LogP contribution in [0.3, 0.4) is 0 Å². The molecule has 0 aromatic carbocycles. The van der Waals surface area contributed by atoms with Crippen LogP contribution in [-0.4, -0.2) is 23.1 Å². The van der Waals surface area contributed by atoms with Gasteiger partial charge in [-0.2, -0.15) is 11.8 Å². The predicted molar refractivity (Wildman–Crippen MR) is 69.5 cm³/mol. The number of hydrogen-bond acceptors (Lipinski definition) is 2. The minimum Gasteiger partial charge on any atom is -0.311 e. The monoisotopic (exact) mass is 227 g/mol. The standard InChI is InChI=1S/C13H25NS/c1-11(2)13(7-5-8-14-13)10-12-6-3-4-9-15-12/h11-12,14H,3-10H2,1-2H3. The highest BCUT2D eigenvalue weighted by Gasteiger charge is 2.38. The van der Waals surface area contributed by atoms with Crippen molar-refractivity contribution >= 4 is 11.8 Å². The Bertz CT molecular complexity index is 191. The summed E-state index contributed by atoms with van der Waals surface area (Å²) < 4.78 is 0. The van der Waals surface area contributed by atoms with Gasteiger partial charge in [-0.3, -0.25) is 0 Å². The van der Waals surface area contributed by atoms with Gasteiger partial charge < -0.3 is 5.32 Å². The SMILES string of the molecule is CC(C)C1(CC2CCCCS2)CCCN1. The highest BCUT2D eigenvalue weighted by atomic mass is 32.2. The quantitative estimate of drug-likeness (QED) is 0.792. The summed E-state index contributed by atoms with van der Waals surface area (Å²) in [7, 11) is 0. The Morgan fingerprint density at radius 1 is 1.33 bits per heavy atom. The Labute approximate surface area is 98.8 Å². The van der Waals surface area contributed by atoms with Gasteiger partial charge >= 0.3 is 0 Å². The first-order valence-corrected chi connectivity index (χ1v) is 7.64. The molecule has 2 unspecified atom stereocenters. The molecule has 0 aliphatic carbocycles. The average molecular weight is 227 g/mol. The molecular formula is C13H25NS. The summed E-state index contributed by atoms with van der Waals surface area (Å²) in [5.74, 6) is 2.20. The third-order valence-electron chi connectivity index (χ3n) is 4.25. The Hall–Kier alpha value is 0.310. The zero-order valence-electron chi connectivity index (χ0n) is 10.2. The van der Waals surface area contributed by atoms with Crippen molar-refractivity contribution in [3.05, 3.63) is 0 Å². The Morgan fingerprint density at radius 2 is 2.20 bits per heavy atom. The molecule has 0 aromatic rings. The van der Waals surface area contributed by atoms with Gasteiger partial charge in [0.2, 0.25) is 0 Å². The van der Waals surface area contributed by atoms with Crippen molar-refractivity contribution in [1.29, 1.82) is 0 Å². The topological polar surface area (TPSA) is 12.0 Å². The fourth-order valence-corrected chi connectivity index (χ4v) is 4.56. The summed E-state index contributed by atoms with van der Waals surface area (Å²) in [6.07, 6.45) is 8.57. The number of hydrogen-bond donors (Lipinski definition) is 1. The zero-order valence-corrected chi connectivity index (χ0v) is 11.0. The minimum atomic E-state index is 0.481. The van der Waals surface area contributed by atoms with Gasteiger partial charge in [-0.05, 0) is 50.3 Å². The highest BCUT2D eigenvalue weighted by Crippen LogP contribution is 2.38. The predicted octanol–water partition coefficient (Wildman–Crippen LogP) is 3.44. The van der Waals surface area contributed by atoms with Crippen molar-refractivity contribution < 1.29 is 0 Å². The lowest BCUT2D eigenvalue weighted by atomic mass is 9.80. The Kier molecular flexibility index (Phi) is 4.00. The van der Waals surface area contributed by atoms with E-state index in [1.807, 2.05) is 0 Å². The van der Waals surface area contributed by atoms with E-state index in [1.54, 1.807) is 0 Å². The molecule has 2 heterocycles. The van der Waals surface area contributed by atoms with Crippen molar-refractivity contribution in [3.63, 3.8) is 0 Å². The number of rotatable bonds is 3. The molecule has 1 N–H and O–H groups in total. The van der Waals surface area contributed by atoms with Crippen LogP contribution in [0.25, 0.3) is 0 Å². The van der Waals surface area contributed by atoms with Gasteiger partial charge in [0.1, 0.15) is 0 Å². The van der Waals surface area contributed by atoms with Gasteiger partial charge in [-0.1, -0.05) is 20.3 Å². The molecule has 15 heavy (non-hydrogen) atoms.